The summed E-state index contributed by atoms with van der Waals surface area (Å²) in [5.74, 6) is 1.82. The van der Waals surface area contributed by atoms with E-state index >= 15 is 0 Å². The van der Waals surface area contributed by atoms with Gasteiger partial charge in [0.25, 0.3) is 5.89 Å². The predicted molar refractivity (Wildman–Crippen MR) is 77.9 cm³/mol. The van der Waals surface area contributed by atoms with Crippen LogP contribution in [0.1, 0.15) is 5.82 Å². The van der Waals surface area contributed by atoms with Gasteiger partial charge in [-0.1, -0.05) is 5.16 Å². The maximum atomic E-state index is 5.61. The number of hydrogen-bond acceptors (Lipinski definition) is 6. The van der Waals surface area contributed by atoms with Crippen molar-refractivity contribution in [2.75, 3.05) is 12.4 Å². The molecule has 5 nitrogen and oxygen atoms in total. The number of aromatic nitrogens is 2. The van der Waals surface area contributed by atoms with Gasteiger partial charge in [-0.3, -0.25) is 0 Å². The molecule has 0 bridgehead atoms. The van der Waals surface area contributed by atoms with E-state index in [2.05, 4.69) is 15.5 Å². The van der Waals surface area contributed by atoms with Gasteiger partial charge in [0.1, 0.15) is 5.75 Å². The Bertz CT molecular complexity index is 662. The van der Waals surface area contributed by atoms with Gasteiger partial charge in [0.2, 0.25) is 5.82 Å². The summed E-state index contributed by atoms with van der Waals surface area (Å²) in [7, 11) is 1.88. The molecular formula is C14H13N3O2S. The van der Waals surface area contributed by atoms with Crippen LogP contribution in [0.5, 0.6) is 5.75 Å². The Labute approximate surface area is 120 Å². The zero-order chi connectivity index (χ0) is 13.8. The van der Waals surface area contributed by atoms with E-state index in [9.17, 15) is 0 Å². The zero-order valence-corrected chi connectivity index (χ0v) is 11.7. The van der Waals surface area contributed by atoms with Crippen molar-refractivity contribution >= 4 is 17.0 Å². The first-order valence-electron chi connectivity index (χ1n) is 6.11. The standard InChI is InChI=1S/C14H13N3O2S/c1-15-11-2-4-12(5-3-11)18-8-13-16-14(19-17-13)10-6-7-20-9-10/h2-7,9,15H,8H2,1H3. The molecule has 102 valence electrons. The minimum absolute atomic E-state index is 0.284. The summed E-state index contributed by atoms with van der Waals surface area (Å²) in [6.07, 6.45) is 0. The van der Waals surface area contributed by atoms with Gasteiger partial charge in [-0.2, -0.15) is 16.3 Å². The maximum Gasteiger partial charge on any atom is 0.258 e. The molecule has 0 amide bonds. The van der Waals surface area contributed by atoms with Crippen molar-refractivity contribution in [3.05, 3.63) is 46.9 Å². The van der Waals surface area contributed by atoms with Gasteiger partial charge in [-0.05, 0) is 35.7 Å². The molecule has 6 heteroatoms. The minimum Gasteiger partial charge on any atom is -0.485 e. The Morgan fingerprint density at radius 2 is 2.10 bits per heavy atom. The number of nitrogens with one attached hydrogen (secondary N) is 1. The lowest BCUT2D eigenvalue weighted by atomic mass is 10.3. The van der Waals surface area contributed by atoms with E-state index in [4.69, 9.17) is 9.26 Å². The van der Waals surface area contributed by atoms with E-state index in [0.717, 1.165) is 17.0 Å². The summed E-state index contributed by atoms with van der Waals surface area (Å²) in [5, 5.41) is 10.9. The monoisotopic (exact) mass is 287 g/mol. The average molecular weight is 287 g/mol. The van der Waals surface area contributed by atoms with Crippen molar-refractivity contribution in [3.8, 4) is 17.2 Å². The highest BCUT2D eigenvalue weighted by molar-refractivity contribution is 7.08. The predicted octanol–water partition coefficient (Wildman–Crippen LogP) is 3.42. The fourth-order valence-corrected chi connectivity index (χ4v) is 2.31. The molecule has 0 aliphatic heterocycles. The first kappa shape index (κ1) is 12.7. The van der Waals surface area contributed by atoms with Crippen LogP contribution in [-0.4, -0.2) is 17.2 Å². The number of benzene rings is 1. The van der Waals surface area contributed by atoms with E-state index in [0.29, 0.717) is 11.7 Å². The number of thiophene rings is 1. The van der Waals surface area contributed by atoms with Gasteiger partial charge in [0.15, 0.2) is 6.61 Å². The summed E-state index contributed by atoms with van der Waals surface area (Å²) in [6, 6.07) is 9.63. The number of anilines is 1. The quantitative estimate of drug-likeness (QED) is 0.779. The number of hydrogen-bond donors (Lipinski definition) is 1. The van der Waals surface area contributed by atoms with Crippen molar-refractivity contribution in [2.45, 2.75) is 6.61 Å². The third-order valence-corrected chi connectivity index (χ3v) is 3.43. The van der Waals surface area contributed by atoms with E-state index in [1.54, 1.807) is 11.3 Å². The van der Waals surface area contributed by atoms with Gasteiger partial charge < -0.3 is 14.6 Å². The summed E-state index contributed by atoms with van der Waals surface area (Å²) in [5.41, 5.74) is 1.98. The third-order valence-electron chi connectivity index (χ3n) is 2.75. The Morgan fingerprint density at radius 3 is 2.80 bits per heavy atom. The van der Waals surface area contributed by atoms with Crippen molar-refractivity contribution < 1.29 is 9.26 Å². The third kappa shape index (κ3) is 2.80. The van der Waals surface area contributed by atoms with Gasteiger partial charge in [0.05, 0.1) is 5.56 Å². The molecule has 20 heavy (non-hydrogen) atoms. The highest BCUT2D eigenvalue weighted by atomic mass is 32.1. The summed E-state index contributed by atoms with van der Waals surface area (Å²) in [4.78, 5) is 4.29. The summed E-state index contributed by atoms with van der Waals surface area (Å²) < 4.78 is 10.8. The second-order valence-electron chi connectivity index (χ2n) is 4.09. The molecule has 2 heterocycles. The normalized spacial score (nSPS) is 10.4. The van der Waals surface area contributed by atoms with Crippen LogP contribution in [0.4, 0.5) is 5.69 Å². The van der Waals surface area contributed by atoms with Gasteiger partial charge >= 0.3 is 0 Å². The number of ether oxygens (including phenoxy) is 1. The fraction of sp³-hybridized carbons (Fsp3) is 0.143. The van der Waals surface area contributed by atoms with E-state index in [1.165, 1.54) is 0 Å². The second kappa shape index (κ2) is 5.75. The van der Waals surface area contributed by atoms with Crippen LogP contribution in [0.2, 0.25) is 0 Å². The molecule has 3 aromatic rings. The van der Waals surface area contributed by atoms with E-state index in [-0.39, 0.29) is 6.61 Å². The van der Waals surface area contributed by atoms with Crippen LogP contribution in [-0.2, 0) is 6.61 Å². The van der Waals surface area contributed by atoms with Crippen LogP contribution in [0.15, 0.2) is 45.6 Å². The maximum absolute atomic E-state index is 5.61. The Morgan fingerprint density at radius 1 is 1.25 bits per heavy atom. The molecule has 0 radical (unpaired) electrons. The fourth-order valence-electron chi connectivity index (χ4n) is 1.68. The second-order valence-corrected chi connectivity index (χ2v) is 4.87. The average Bonchev–Trinajstić information content (AvgIpc) is 3.16. The SMILES string of the molecule is CNc1ccc(OCc2noc(-c3ccsc3)n2)cc1. The number of rotatable bonds is 5. The van der Waals surface area contributed by atoms with Crippen molar-refractivity contribution in [1.82, 2.24) is 10.1 Å². The Balaban J connectivity index is 1.63. The van der Waals surface area contributed by atoms with Gasteiger partial charge in [-0.25, -0.2) is 0 Å². The molecular weight excluding hydrogens is 274 g/mol. The topological polar surface area (TPSA) is 60.2 Å². The smallest absolute Gasteiger partial charge is 0.258 e. The van der Waals surface area contributed by atoms with Crippen LogP contribution in [0.25, 0.3) is 11.5 Å². The molecule has 0 unspecified atom stereocenters. The Hall–Kier alpha value is -2.34. The van der Waals surface area contributed by atoms with Crippen molar-refractivity contribution in [1.29, 1.82) is 0 Å². The molecule has 0 saturated heterocycles. The largest absolute Gasteiger partial charge is 0.485 e. The van der Waals surface area contributed by atoms with Crippen molar-refractivity contribution in [2.24, 2.45) is 0 Å². The van der Waals surface area contributed by atoms with E-state index < -0.39 is 0 Å². The molecule has 1 aromatic carbocycles. The lowest BCUT2D eigenvalue weighted by Crippen LogP contribution is -1.97. The molecule has 1 N–H and O–H groups in total. The molecule has 0 atom stereocenters. The lowest BCUT2D eigenvalue weighted by Gasteiger charge is -2.04. The minimum atomic E-state index is 0.284. The van der Waals surface area contributed by atoms with Crippen molar-refractivity contribution in [3.63, 3.8) is 0 Å². The van der Waals surface area contributed by atoms with E-state index in [1.807, 2.05) is 48.1 Å². The molecule has 3 rings (SSSR count). The van der Waals surface area contributed by atoms with Crippen LogP contribution in [0, 0.1) is 0 Å². The molecule has 0 spiro atoms. The lowest BCUT2D eigenvalue weighted by molar-refractivity contribution is 0.287. The highest BCUT2D eigenvalue weighted by Crippen LogP contribution is 2.20. The Kier molecular flexibility index (Phi) is 3.64. The molecule has 0 saturated carbocycles. The highest BCUT2D eigenvalue weighted by Gasteiger charge is 2.09. The first-order chi connectivity index (χ1) is 9.85. The summed E-state index contributed by atoms with van der Waals surface area (Å²) in [6.45, 7) is 0.284. The number of nitrogens with zero attached hydrogens (tertiary/aromatic N) is 2. The molecule has 2 aromatic heterocycles. The van der Waals surface area contributed by atoms with Crippen LogP contribution >= 0.6 is 11.3 Å². The zero-order valence-electron chi connectivity index (χ0n) is 10.9. The molecule has 0 aliphatic rings. The molecule has 0 fully saturated rings. The summed E-state index contributed by atoms with van der Waals surface area (Å²) >= 11 is 1.59. The molecule has 0 aliphatic carbocycles. The van der Waals surface area contributed by atoms with Crippen LogP contribution in [0.3, 0.4) is 0 Å². The first-order valence-corrected chi connectivity index (χ1v) is 7.05. The van der Waals surface area contributed by atoms with Gasteiger partial charge in [-0.15, -0.1) is 0 Å². The van der Waals surface area contributed by atoms with Crippen LogP contribution < -0.4 is 10.1 Å². The van der Waals surface area contributed by atoms with Gasteiger partial charge in [0, 0.05) is 18.1 Å².